The zero-order valence-electron chi connectivity index (χ0n) is 8.15. The maximum absolute atomic E-state index is 11.6. The lowest BCUT2D eigenvalue weighted by molar-refractivity contribution is 0.0827. The fourth-order valence-corrected chi connectivity index (χ4v) is 1.19. The fraction of sp³-hybridized carbons (Fsp3) is 0.200. The first-order valence-corrected chi connectivity index (χ1v) is 4.54. The minimum atomic E-state index is -0.0527. The summed E-state index contributed by atoms with van der Waals surface area (Å²) in [7, 11) is 3.41. The Kier molecular flexibility index (Phi) is 3.19. The molecule has 1 aromatic carbocycles. The van der Waals surface area contributed by atoms with Gasteiger partial charge in [0.2, 0.25) is 0 Å². The van der Waals surface area contributed by atoms with E-state index >= 15 is 0 Å². The van der Waals surface area contributed by atoms with Crippen LogP contribution in [0.25, 0.3) is 0 Å². The van der Waals surface area contributed by atoms with Gasteiger partial charge in [0.25, 0.3) is 5.91 Å². The van der Waals surface area contributed by atoms with E-state index in [0.717, 1.165) is 0 Å². The van der Waals surface area contributed by atoms with Crippen molar-refractivity contribution in [1.82, 2.24) is 4.90 Å². The van der Waals surface area contributed by atoms with Crippen molar-refractivity contribution in [2.75, 3.05) is 14.1 Å². The van der Waals surface area contributed by atoms with Crippen LogP contribution in [0.1, 0.15) is 15.9 Å². The lowest BCUT2D eigenvalue weighted by Gasteiger charge is -2.10. The van der Waals surface area contributed by atoms with E-state index in [4.69, 9.17) is 18.0 Å². The third-order valence-corrected chi connectivity index (χ3v) is 2.04. The zero-order valence-corrected chi connectivity index (χ0v) is 8.97. The molecular formula is C10H12N2OS. The third-order valence-electron chi connectivity index (χ3n) is 1.80. The molecule has 1 amide bonds. The summed E-state index contributed by atoms with van der Waals surface area (Å²) in [6.45, 7) is 0. The van der Waals surface area contributed by atoms with Crippen molar-refractivity contribution >= 4 is 23.1 Å². The number of carbonyl (C=O) groups excluding carboxylic acids is 1. The van der Waals surface area contributed by atoms with Gasteiger partial charge in [0.05, 0.1) is 0 Å². The van der Waals surface area contributed by atoms with Crippen LogP contribution in [0, 0.1) is 0 Å². The van der Waals surface area contributed by atoms with Crippen molar-refractivity contribution in [1.29, 1.82) is 0 Å². The highest BCUT2D eigenvalue weighted by Crippen LogP contribution is 2.06. The van der Waals surface area contributed by atoms with Crippen LogP contribution >= 0.6 is 12.2 Å². The van der Waals surface area contributed by atoms with Gasteiger partial charge in [0, 0.05) is 25.2 Å². The number of amides is 1. The summed E-state index contributed by atoms with van der Waals surface area (Å²) in [6.07, 6.45) is 0. The van der Waals surface area contributed by atoms with Crippen LogP contribution in [0.15, 0.2) is 24.3 Å². The van der Waals surface area contributed by atoms with E-state index in [0.29, 0.717) is 16.1 Å². The molecule has 0 aliphatic rings. The van der Waals surface area contributed by atoms with Gasteiger partial charge >= 0.3 is 0 Å². The SMILES string of the molecule is CN(C)C(=O)c1cccc(C(N)=S)c1. The molecule has 3 nitrogen and oxygen atoms in total. The Labute approximate surface area is 88.5 Å². The van der Waals surface area contributed by atoms with Crippen molar-refractivity contribution in [3.8, 4) is 0 Å². The van der Waals surface area contributed by atoms with Gasteiger partial charge in [-0.15, -0.1) is 0 Å². The largest absolute Gasteiger partial charge is 0.389 e. The summed E-state index contributed by atoms with van der Waals surface area (Å²) in [5, 5.41) is 0. The average Bonchev–Trinajstić information content (AvgIpc) is 2.16. The molecule has 0 spiro atoms. The summed E-state index contributed by atoms with van der Waals surface area (Å²) in [5.41, 5.74) is 6.78. The second-order valence-electron chi connectivity index (χ2n) is 3.14. The highest BCUT2D eigenvalue weighted by molar-refractivity contribution is 7.80. The lowest BCUT2D eigenvalue weighted by atomic mass is 10.1. The molecule has 0 saturated carbocycles. The monoisotopic (exact) mass is 208 g/mol. The molecule has 0 aromatic heterocycles. The van der Waals surface area contributed by atoms with Crippen LogP contribution < -0.4 is 5.73 Å². The minimum absolute atomic E-state index is 0.0527. The molecule has 0 heterocycles. The molecule has 0 bridgehead atoms. The summed E-state index contributed by atoms with van der Waals surface area (Å²) in [6, 6.07) is 6.99. The van der Waals surface area contributed by atoms with Crippen LogP contribution in [0.2, 0.25) is 0 Å². The number of carbonyl (C=O) groups is 1. The van der Waals surface area contributed by atoms with E-state index in [1.807, 2.05) is 0 Å². The summed E-state index contributed by atoms with van der Waals surface area (Å²) in [5.74, 6) is -0.0527. The summed E-state index contributed by atoms with van der Waals surface area (Å²) in [4.78, 5) is 13.4. The zero-order chi connectivity index (χ0) is 10.7. The Balaban J connectivity index is 3.06. The van der Waals surface area contributed by atoms with Crippen molar-refractivity contribution in [2.24, 2.45) is 5.73 Å². The molecule has 0 unspecified atom stereocenters. The average molecular weight is 208 g/mol. The van der Waals surface area contributed by atoms with Gasteiger partial charge in [-0.25, -0.2) is 0 Å². The first kappa shape index (κ1) is 10.7. The predicted molar refractivity (Wildman–Crippen MR) is 60.3 cm³/mol. The molecule has 0 saturated heterocycles. The van der Waals surface area contributed by atoms with E-state index in [9.17, 15) is 4.79 Å². The Morgan fingerprint density at radius 3 is 2.43 bits per heavy atom. The Hall–Kier alpha value is -1.42. The highest BCUT2D eigenvalue weighted by Gasteiger charge is 2.08. The van der Waals surface area contributed by atoms with E-state index in [1.165, 1.54) is 4.90 Å². The maximum Gasteiger partial charge on any atom is 0.253 e. The molecule has 0 fully saturated rings. The van der Waals surface area contributed by atoms with Gasteiger partial charge in [-0.3, -0.25) is 4.79 Å². The van der Waals surface area contributed by atoms with E-state index < -0.39 is 0 Å². The van der Waals surface area contributed by atoms with E-state index in [2.05, 4.69) is 0 Å². The van der Waals surface area contributed by atoms with Crippen LogP contribution in [-0.2, 0) is 0 Å². The molecule has 1 aromatic rings. The van der Waals surface area contributed by atoms with Gasteiger partial charge < -0.3 is 10.6 Å². The normalized spacial score (nSPS) is 9.57. The molecule has 0 aliphatic carbocycles. The molecule has 0 aliphatic heterocycles. The number of nitrogens with two attached hydrogens (primary N) is 1. The topological polar surface area (TPSA) is 46.3 Å². The Morgan fingerprint density at radius 2 is 1.93 bits per heavy atom. The molecule has 14 heavy (non-hydrogen) atoms. The molecule has 2 N–H and O–H groups in total. The first-order chi connectivity index (χ1) is 6.52. The number of thiocarbonyl (C=S) groups is 1. The summed E-state index contributed by atoms with van der Waals surface area (Å²) >= 11 is 4.83. The van der Waals surface area contributed by atoms with Gasteiger partial charge in [-0.05, 0) is 12.1 Å². The van der Waals surface area contributed by atoms with Crippen LogP contribution in [0.5, 0.6) is 0 Å². The second kappa shape index (κ2) is 4.19. The number of hydrogen-bond acceptors (Lipinski definition) is 2. The van der Waals surface area contributed by atoms with Gasteiger partial charge in [-0.2, -0.15) is 0 Å². The van der Waals surface area contributed by atoms with Gasteiger partial charge in [-0.1, -0.05) is 24.4 Å². The molecule has 1 rings (SSSR count). The fourth-order valence-electron chi connectivity index (χ4n) is 1.06. The van der Waals surface area contributed by atoms with Crippen molar-refractivity contribution < 1.29 is 4.79 Å². The predicted octanol–water partition coefficient (Wildman–Crippen LogP) is 1.02. The van der Waals surface area contributed by atoms with Crippen molar-refractivity contribution in [3.05, 3.63) is 35.4 Å². The molecular weight excluding hydrogens is 196 g/mol. The molecule has 4 heteroatoms. The molecule has 0 radical (unpaired) electrons. The van der Waals surface area contributed by atoms with Crippen LogP contribution in [-0.4, -0.2) is 29.9 Å². The number of hydrogen-bond donors (Lipinski definition) is 1. The number of rotatable bonds is 2. The number of benzene rings is 1. The Bertz CT molecular complexity index is 374. The highest BCUT2D eigenvalue weighted by atomic mass is 32.1. The minimum Gasteiger partial charge on any atom is -0.389 e. The van der Waals surface area contributed by atoms with Crippen LogP contribution in [0.4, 0.5) is 0 Å². The second-order valence-corrected chi connectivity index (χ2v) is 3.58. The lowest BCUT2D eigenvalue weighted by Crippen LogP contribution is -2.22. The van der Waals surface area contributed by atoms with Gasteiger partial charge in [0.1, 0.15) is 4.99 Å². The standard InChI is InChI=1S/C10H12N2OS/c1-12(2)10(13)8-5-3-4-7(6-8)9(11)14/h3-6H,1-2H3,(H2,11,14). The first-order valence-electron chi connectivity index (χ1n) is 4.14. The number of nitrogens with zero attached hydrogens (tertiary/aromatic N) is 1. The molecule has 0 atom stereocenters. The smallest absolute Gasteiger partial charge is 0.253 e. The third kappa shape index (κ3) is 2.29. The van der Waals surface area contributed by atoms with Crippen molar-refractivity contribution in [3.63, 3.8) is 0 Å². The Morgan fingerprint density at radius 1 is 1.36 bits per heavy atom. The van der Waals surface area contributed by atoms with E-state index in [1.54, 1.807) is 38.4 Å². The maximum atomic E-state index is 11.6. The molecule has 74 valence electrons. The van der Waals surface area contributed by atoms with E-state index in [-0.39, 0.29) is 5.91 Å². The quantitative estimate of drug-likeness (QED) is 0.738. The summed E-state index contributed by atoms with van der Waals surface area (Å²) < 4.78 is 0. The van der Waals surface area contributed by atoms with Gasteiger partial charge in [0.15, 0.2) is 0 Å². The van der Waals surface area contributed by atoms with Crippen molar-refractivity contribution in [2.45, 2.75) is 0 Å². The van der Waals surface area contributed by atoms with Crippen LogP contribution in [0.3, 0.4) is 0 Å².